The molecular formula is C16H20N4. The van der Waals surface area contributed by atoms with E-state index in [-0.39, 0.29) is 0 Å². The van der Waals surface area contributed by atoms with E-state index < -0.39 is 0 Å². The molecule has 0 unspecified atom stereocenters. The Kier molecular flexibility index (Phi) is 3.54. The Labute approximate surface area is 119 Å². The average Bonchev–Trinajstić information content (AvgIpc) is 2.90. The molecule has 1 aliphatic heterocycles. The van der Waals surface area contributed by atoms with Gasteiger partial charge < -0.3 is 10.2 Å². The largest absolute Gasteiger partial charge is 0.354 e. The minimum atomic E-state index is 0.725. The second kappa shape index (κ2) is 5.49. The molecule has 0 saturated carbocycles. The molecule has 0 aliphatic carbocycles. The van der Waals surface area contributed by atoms with Crippen molar-refractivity contribution in [1.29, 1.82) is 0 Å². The lowest BCUT2D eigenvalue weighted by atomic mass is 10.1. The van der Waals surface area contributed by atoms with Crippen LogP contribution < -0.4 is 10.2 Å². The zero-order valence-corrected chi connectivity index (χ0v) is 12.1. The molecule has 0 fully saturated rings. The van der Waals surface area contributed by atoms with E-state index in [0.717, 1.165) is 43.4 Å². The van der Waals surface area contributed by atoms with Crippen molar-refractivity contribution in [1.82, 2.24) is 9.97 Å². The maximum absolute atomic E-state index is 4.68. The van der Waals surface area contributed by atoms with Crippen molar-refractivity contribution in [3.63, 3.8) is 0 Å². The van der Waals surface area contributed by atoms with Crippen molar-refractivity contribution in [3.05, 3.63) is 47.2 Å². The number of fused-ring (bicyclic) bond motifs is 1. The molecule has 20 heavy (non-hydrogen) atoms. The first kappa shape index (κ1) is 12.9. The number of nitrogens with zero attached hydrogens (tertiary/aromatic N) is 3. The van der Waals surface area contributed by atoms with Crippen LogP contribution in [0.4, 0.5) is 11.8 Å². The van der Waals surface area contributed by atoms with Gasteiger partial charge in [0.2, 0.25) is 5.95 Å². The summed E-state index contributed by atoms with van der Waals surface area (Å²) in [5, 5.41) is 3.26. The topological polar surface area (TPSA) is 41.1 Å². The fourth-order valence-corrected chi connectivity index (χ4v) is 2.56. The summed E-state index contributed by atoms with van der Waals surface area (Å²) < 4.78 is 0. The molecular weight excluding hydrogens is 248 g/mol. The maximum Gasteiger partial charge on any atom is 0.224 e. The van der Waals surface area contributed by atoms with E-state index in [1.54, 1.807) is 0 Å². The van der Waals surface area contributed by atoms with Gasteiger partial charge in [0, 0.05) is 31.4 Å². The first-order chi connectivity index (χ1) is 9.78. The number of aryl methyl sites for hydroxylation is 1. The fourth-order valence-electron chi connectivity index (χ4n) is 2.56. The lowest BCUT2D eigenvalue weighted by Crippen LogP contribution is -2.18. The third-order valence-electron chi connectivity index (χ3n) is 3.62. The van der Waals surface area contributed by atoms with Gasteiger partial charge >= 0.3 is 0 Å². The quantitative estimate of drug-likeness (QED) is 0.925. The van der Waals surface area contributed by atoms with Gasteiger partial charge in [0.1, 0.15) is 5.82 Å². The van der Waals surface area contributed by atoms with E-state index >= 15 is 0 Å². The lowest BCUT2D eigenvalue weighted by Gasteiger charge is -2.19. The molecule has 0 atom stereocenters. The lowest BCUT2D eigenvalue weighted by molar-refractivity contribution is 0.841. The van der Waals surface area contributed by atoms with E-state index in [4.69, 9.17) is 0 Å². The van der Waals surface area contributed by atoms with Gasteiger partial charge in [-0.15, -0.1) is 0 Å². The van der Waals surface area contributed by atoms with Crippen LogP contribution in [0.15, 0.2) is 30.5 Å². The van der Waals surface area contributed by atoms with Crippen molar-refractivity contribution < 1.29 is 0 Å². The van der Waals surface area contributed by atoms with Gasteiger partial charge in [-0.25, -0.2) is 4.98 Å². The van der Waals surface area contributed by atoms with Crippen molar-refractivity contribution >= 4 is 11.8 Å². The van der Waals surface area contributed by atoms with E-state index in [9.17, 15) is 0 Å². The summed E-state index contributed by atoms with van der Waals surface area (Å²) in [4.78, 5) is 11.3. The third-order valence-corrected chi connectivity index (χ3v) is 3.62. The Morgan fingerprint density at radius 2 is 1.90 bits per heavy atom. The standard InChI is InChI=1S/C16H20N4/c1-3-8-17-16-18-9-12(2)15(19-16)20-10-13-6-4-5-7-14(13)11-20/h4-7,9H,3,8,10-11H2,1-2H3,(H,17,18,19). The molecule has 104 valence electrons. The molecule has 4 nitrogen and oxygen atoms in total. The number of benzene rings is 1. The Balaban J connectivity index is 1.84. The van der Waals surface area contributed by atoms with Crippen molar-refractivity contribution in [2.75, 3.05) is 16.8 Å². The second-order valence-corrected chi connectivity index (χ2v) is 5.25. The van der Waals surface area contributed by atoms with Crippen LogP contribution in [0.25, 0.3) is 0 Å². The van der Waals surface area contributed by atoms with Gasteiger partial charge in [0.05, 0.1) is 0 Å². The summed E-state index contributed by atoms with van der Waals surface area (Å²) in [7, 11) is 0. The van der Waals surface area contributed by atoms with Gasteiger partial charge in [-0.05, 0) is 24.5 Å². The summed E-state index contributed by atoms with van der Waals surface area (Å²) in [6.07, 6.45) is 2.98. The molecule has 1 aromatic carbocycles. The Morgan fingerprint density at radius 3 is 2.55 bits per heavy atom. The molecule has 0 amide bonds. The number of nitrogens with one attached hydrogen (secondary N) is 1. The summed E-state index contributed by atoms with van der Waals surface area (Å²) >= 11 is 0. The number of hydrogen-bond acceptors (Lipinski definition) is 4. The first-order valence-corrected chi connectivity index (χ1v) is 7.17. The molecule has 3 rings (SSSR count). The highest BCUT2D eigenvalue weighted by Gasteiger charge is 2.21. The maximum atomic E-state index is 4.68. The van der Waals surface area contributed by atoms with E-state index in [2.05, 4.69) is 58.3 Å². The molecule has 0 saturated heterocycles. The molecule has 1 N–H and O–H groups in total. The Hall–Kier alpha value is -2.10. The van der Waals surface area contributed by atoms with Crippen LogP contribution >= 0.6 is 0 Å². The molecule has 4 heteroatoms. The summed E-state index contributed by atoms with van der Waals surface area (Å²) in [6, 6.07) is 8.59. The summed E-state index contributed by atoms with van der Waals surface area (Å²) in [5.74, 6) is 1.76. The SMILES string of the molecule is CCCNc1ncc(C)c(N2Cc3ccccc3C2)n1. The van der Waals surface area contributed by atoms with Gasteiger partial charge in [-0.1, -0.05) is 31.2 Å². The number of hydrogen-bond donors (Lipinski definition) is 1. The van der Waals surface area contributed by atoms with Gasteiger partial charge in [-0.3, -0.25) is 0 Å². The third kappa shape index (κ3) is 2.46. The van der Waals surface area contributed by atoms with E-state index in [1.807, 2.05) is 6.20 Å². The molecule has 0 bridgehead atoms. The molecule has 0 radical (unpaired) electrons. The highest BCUT2D eigenvalue weighted by Crippen LogP contribution is 2.29. The molecule has 1 aromatic heterocycles. The molecule has 2 heterocycles. The minimum Gasteiger partial charge on any atom is -0.354 e. The molecule has 2 aromatic rings. The molecule has 1 aliphatic rings. The van der Waals surface area contributed by atoms with Crippen molar-refractivity contribution in [3.8, 4) is 0 Å². The minimum absolute atomic E-state index is 0.725. The summed E-state index contributed by atoms with van der Waals surface area (Å²) in [5.41, 5.74) is 3.92. The summed E-state index contributed by atoms with van der Waals surface area (Å²) in [6.45, 7) is 6.98. The first-order valence-electron chi connectivity index (χ1n) is 7.17. The zero-order valence-electron chi connectivity index (χ0n) is 12.1. The van der Waals surface area contributed by atoms with Gasteiger partial charge in [0.15, 0.2) is 0 Å². The van der Waals surface area contributed by atoms with Crippen LogP contribution in [0.3, 0.4) is 0 Å². The number of rotatable bonds is 4. The fraction of sp³-hybridized carbons (Fsp3) is 0.375. The van der Waals surface area contributed by atoms with Crippen LogP contribution in [0.1, 0.15) is 30.0 Å². The zero-order chi connectivity index (χ0) is 13.9. The predicted octanol–water partition coefficient (Wildman–Crippen LogP) is 3.13. The van der Waals surface area contributed by atoms with Crippen LogP contribution in [0, 0.1) is 6.92 Å². The van der Waals surface area contributed by atoms with Crippen LogP contribution in [-0.2, 0) is 13.1 Å². The van der Waals surface area contributed by atoms with Crippen LogP contribution in [0.2, 0.25) is 0 Å². The van der Waals surface area contributed by atoms with E-state index in [0.29, 0.717) is 0 Å². The van der Waals surface area contributed by atoms with Crippen LogP contribution in [0.5, 0.6) is 0 Å². The average molecular weight is 268 g/mol. The second-order valence-electron chi connectivity index (χ2n) is 5.25. The molecule has 0 spiro atoms. The Bertz CT molecular complexity index is 584. The van der Waals surface area contributed by atoms with Crippen molar-refractivity contribution in [2.24, 2.45) is 0 Å². The smallest absolute Gasteiger partial charge is 0.224 e. The monoisotopic (exact) mass is 268 g/mol. The van der Waals surface area contributed by atoms with Gasteiger partial charge in [0.25, 0.3) is 0 Å². The Morgan fingerprint density at radius 1 is 1.20 bits per heavy atom. The number of aromatic nitrogens is 2. The van der Waals surface area contributed by atoms with E-state index in [1.165, 1.54) is 11.1 Å². The normalized spacial score (nSPS) is 13.4. The highest BCUT2D eigenvalue weighted by molar-refractivity contribution is 5.53. The van der Waals surface area contributed by atoms with Crippen LogP contribution in [-0.4, -0.2) is 16.5 Å². The number of anilines is 2. The predicted molar refractivity (Wildman–Crippen MR) is 81.9 cm³/mol. The van der Waals surface area contributed by atoms with Crippen molar-refractivity contribution in [2.45, 2.75) is 33.4 Å². The highest BCUT2D eigenvalue weighted by atomic mass is 15.2. The van der Waals surface area contributed by atoms with Gasteiger partial charge in [-0.2, -0.15) is 4.98 Å².